The first-order valence-corrected chi connectivity index (χ1v) is 5.09. The van der Waals surface area contributed by atoms with Crippen LogP contribution >= 0.6 is 0 Å². The molecule has 0 amide bonds. The highest BCUT2D eigenvalue weighted by Crippen LogP contribution is 2.23. The van der Waals surface area contributed by atoms with Gasteiger partial charge >= 0.3 is 0 Å². The third kappa shape index (κ3) is 2.55. The number of hydrogen-bond donors (Lipinski definition) is 0. The molecular weight excluding hydrogens is 190 g/mol. The maximum Gasteiger partial charge on any atom is 0.294 e. The van der Waals surface area contributed by atoms with Gasteiger partial charge in [-0.25, -0.2) is 0 Å². The van der Waals surface area contributed by atoms with Gasteiger partial charge in [-0.05, 0) is 38.8 Å². The third-order valence-electron chi connectivity index (χ3n) is 2.54. The predicted molar refractivity (Wildman–Crippen MR) is 58.5 cm³/mol. The van der Waals surface area contributed by atoms with Crippen LogP contribution in [0, 0.1) is 6.92 Å². The van der Waals surface area contributed by atoms with Gasteiger partial charge in [-0.3, -0.25) is 9.78 Å². The van der Waals surface area contributed by atoms with Crippen molar-refractivity contribution >= 4 is 6.47 Å². The summed E-state index contributed by atoms with van der Waals surface area (Å²) in [5.74, 6) is 0. The summed E-state index contributed by atoms with van der Waals surface area (Å²) in [6.07, 6.45) is 0.966. The highest BCUT2D eigenvalue weighted by Gasteiger charge is 2.23. The minimum atomic E-state index is -0.654. The van der Waals surface area contributed by atoms with Crippen LogP contribution < -0.4 is 0 Å². The first-order valence-electron chi connectivity index (χ1n) is 5.09. The van der Waals surface area contributed by atoms with E-state index in [9.17, 15) is 4.79 Å². The number of carbonyl (C=O) groups excluding carboxylic acids is 1. The van der Waals surface area contributed by atoms with Crippen molar-refractivity contribution < 1.29 is 9.53 Å². The van der Waals surface area contributed by atoms with Gasteiger partial charge in [0.05, 0.1) is 5.69 Å². The Kier molecular flexibility index (Phi) is 3.45. The molecule has 0 N–H and O–H groups in total. The van der Waals surface area contributed by atoms with Crippen LogP contribution in [-0.2, 0) is 21.6 Å². The maximum atomic E-state index is 10.4. The minimum absolute atomic E-state index is 0.463. The molecule has 0 unspecified atom stereocenters. The molecule has 15 heavy (non-hydrogen) atoms. The molecule has 3 nitrogen and oxygen atoms in total. The van der Waals surface area contributed by atoms with E-state index in [1.165, 1.54) is 5.56 Å². The Morgan fingerprint density at radius 2 is 2.13 bits per heavy atom. The zero-order valence-corrected chi connectivity index (χ0v) is 9.70. The Morgan fingerprint density at radius 3 is 2.60 bits per heavy atom. The fourth-order valence-electron chi connectivity index (χ4n) is 1.48. The lowest BCUT2D eigenvalue weighted by molar-refractivity contribution is -0.141. The second-order valence-corrected chi connectivity index (χ2v) is 4.02. The standard InChI is InChI=1S/C12H17NO2/c1-5-10-6-7-11(13-9(10)2)12(3,4)15-8-14/h6-8H,5H2,1-4H3. The van der Waals surface area contributed by atoms with Crippen molar-refractivity contribution in [3.05, 3.63) is 29.1 Å². The monoisotopic (exact) mass is 207 g/mol. The van der Waals surface area contributed by atoms with Crippen molar-refractivity contribution in [2.24, 2.45) is 0 Å². The largest absolute Gasteiger partial charge is 0.455 e. The molecule has 0 spiro atoms. The molecule has 3 heteroatoms. The molecule has 0 aromatic carbocycles. The van der Waals surface area contributed by atoms with Gasteiger partial charge in [0.15, 0.2) is 0 Å². The summed E-state index contributed by atoms with van der Waals surface area (Å²) in [5.41, 5.74) is 2.35. The average molecular weight is 207 g/mol. The van der Waals surface area contributed by atoms with E-state index in [0.717, 1.165) is 17.8 Å². The van der Waals surface area contributed by atoms with Crippen LogP contribution in [-0.4, -0.2) is 11.5 Å². The lowest BCUT2D eigenvalue weighted by Gasteiger charge is -2.22. The third-order valence-corrected chi connectivity index (χ3v) is 2.54. The quantitative estimate of drug-likeness (QED) is 0.711. The van der Waals surface area contributed by atoms with E-state index in [4.69, 9.17) is 4.74 Å². The van der Waals surface area contributed by atoms with Crippen molar-refractivity contribution in [3.8, 4) is 0 Å². The van der Waals surface area contributed by atoms with Gasteiger partial charge in [0.1, 0.15) is 5.60 Å². The number of hydrogen-bond acceptors (Lipinski definition) is 3. The molecule has 1 heterocycles. The Hall–Kier alpha value is -1.38. The number of nitrogens with zero attached hydrogens (tertiary/aromatic N) is 1. The average Bonchev–Trinajstić information content (AvgIpc) is 2.17. The van der Waals surface area contributed by atoms with E-state index in [-0.39, 0.29) is 0 Å². The predicted octanol–water partition coefficient (Wildman–Crippen LogP) is 2.36. The van der Waals surface area contributed by atoms with Crippen LogP contribution in [0.4, 0.5) is 0 Å². The van der Waals surface area contributed by atoms with Crippen molar-refractivity contribution in [1.82, 2.24) is 4.98 Å². The summed E-state index contributed by atoms with van der Waals surface area (Å²) in [6, 6.07) is 3.95. The van der Waals surface area contributed by atoms with E-state index in [0.29, 0.717) is 6.47 Å². The van der Waals surface area contributed by atoms with Gasteiger partial charge in [-0.1, -0.05) is 13.0 Å². The van der Waals surface area contributed by atoms with Crippen LogP contribution in [0.1, 0.15) is 37.7 Å². The van der Waals surface area contributed by atoms with E-state index >= 15 is 0 Å². The summed E-state index contributed by atoms with van der Waals surface area (Å²) in [4.78, 5) is 14.8. The lowest BCUT2D eigenvalue weighted by Crippen LogP contribution is -2.23. The van der Waals surface area contributed by atoms with Crippen LogP contribution in [0.25, 0.3) is 0 Å². The molecular formula is C12H17NO2. The number of aromatic nitrogens is 1. The Morgan fingerprint density at radius 1 is 1.47 bits per heavy atom. The van der Waals surface area contributed by atoms with E-state index in [1.54, 1.807) is 0 Å². The van der Waals surface area contributed by atoms with Crippen molar-refractivity contribution in [3.63, 3.8) is 0 Å². The van der Waals surface area contributed by atoms with Crippen molar-refractivity contribution in [1.29, 1.82) is 0 Å². The maximum absolute atomic E-state index is 10.4. The molecule has 0 aliphatic heterocycles. The van der Waals surface area contributed by atoms with Crippen molar-refractivity contribution in [2.75, 3.05) is 0 Å². The summed E-state index contributed by atoms with van der Waals surface area (Å²) >= 11 is 0. The van der Waals surface area contributed by atoms with Crippen LogP contribution in [0.3, 0.4) is 0 Å². The zero-order chi connectivity index (χ0) is 11.5. The second-order valence-electron chi connectivity index (χ2n) is 4.02. The second kappa shape index (κ2) is 4.43. The summed E-state index contributed by atoms with van der Waals surface area (Å²) in [7, 11) is 0. The number of ether oxygens (including phenoxy) is 1. The Balaban J connectivity index is 3.06. The molecule has 0 radical (unpaired) electrons. The number of rotatable bonds is 4. The van der Waals surface area contributed by atoms with Gasteiger partial charge in [0.2, 0.25) is 0 Å². The number of pyridine rings is 1. The molecule has 1 aromatic rings. The zero-order valence-electron chi connectivity index (χ0n) is 9.70. The Bertz CT molecular complexity index is 359. The van der Waals surface area contributed by atoms with E-state index < -0.39 is 5.60 Å². The van der Waals surface area contributed by atoms with Gasteiger partial charge < -0.3 is 4.74 Å². The summed E-state index contributed by atoms with van der Waals surface area (Å²) < 4.78 is 5.00. The van der Waals surface area contributed by atoms with Gasteiger partial charge in [0, 0.05) is 5.69 Å². The highest BCUT2D eigenvalue weighted by molar-refractivity contribution is 5.39. The van der Waals surface area contributed by atoms with Gasteiger partial charge in [-0.2, -0.15) is 0 Å². The molecule has 0 aliphatic carbocycles. The lowest BCUT2D eigenvalue weighted by atomic mass is 10.0. The van der Waals surface area contributed by atoms with Gasteiger partial charge in [0.25, 0.3) is 6.47 Å². The number of aryl methyl sites for hydroxylation is 2. The molecule has 82 valence electrons. The van der Waals surface area contributed by atoms with Gasteiger partial charge in [-0.15, -0.1) is 0 Å². The molecule has 0 bridgehead atoms. The molecule has 0 aliphatic rings. The molecule has 0 atom stereocenters. The first-order chi connectivity index (χ1) is 7.01. The molecule has 0 saturated carbocycles. The molecule has 1 rings (SSSR count). The SMILES string of the molecule is CCc1ccc(C(C)(C)OC=O)nc1C. The summed E-state index contributed by atoms with van der Waals surface area (Å²) in [6.45, 7) is 8.18. The van der Waals surface area contributed by atoms with E-state index in [2.05, 4.69) is 11.9 Å². The molecule has 0 fully saturated rings. The highest BCUT2D eigenvalue weighted by atomic mass is 16.5. The smallest absolute Gasteiger partial charge is 0.294 e. The first kappa shape index (κ1) is 11.7. The minimum Gasteiger partial charge on any atom is -0.455 e. The van der Waals surface area contributed by atoms with Crippen molar-refractivity contribution in [2.45, 2.75) is 39.7 Å². The Labute approximate surface area is 90.5 Å². The van der Waals surface area contributed by atoms with Crippen LogP contribution in [0.5, 0.6) is 0 Å². The fraction of sp³-hybridized carbons (Fsp3) is 0.500. The molecule has 1 aromatic heterocycles. The normalized spacial score (nSPS) is 11.2. The molecule has 0 saturated heterocycles. The van der Waals surface area contributed by atoms with Crippen LogP contribution in [0.2, 0.25) is 0 Å². The topological polar surface area (TPSA) is 39.2 Å². The fourth-order valence-corrected chi connectivity index (χ4v) is 1.48. The van der Waals surface area contributed by atoms with Crippen LogP contribution in [0.15, 0.2) is 12.1 Å². The van der Waals surface area contributed by atoms with E-state index in [1.807, 2.05) is 32.9 Å². The summed E-state index contributed by atoms with van der Waals surface area (Å²) in [5, 5.41) is 0. The number of carbonyl (C=O) groups is 1.